The maximum Gasteiger partial charge on any atom is 0.222 e. The molecule has 2 aliphatic rings. The molecule has 3 heteroatoms. The topological polar surface area (TPSA) is 46.3 Å². The molecule has 1 saturated heterocycles. The fraction of sp³-hybridized carbons (Fsp3) is 0.933. The molecule has 3 nitrogen and oxygen atoms in total. The minimum Gasteiger partial charge on any atom is -0.342 e. The zero-order valence-electron chi connectivity index (χ0n) is 11.9. The van der Waals surface area contributed by atoms with Crippen LogP contribution in [0.25, 0.3) is 0 Å². The molecule has 0 spiro atoms. The summed E-state index contributed by atoms with van der Waals surface area (Å²) in [7, 11) is 0. The average Bonchev–Trinajstić information content (AvgIpc) is 2.27. The van der Waals surface area contributed by atoms with Crippen molar-refractivity contribution < 1.29 is 4.79 Å². The first-order chi connectivity index (χ1) is 8.54. The molecular formula is C15H28N2O. The predicted octanol–water partition coefficient (Wildman–Crippen LogP) is 2.40. The van der Waals surface area contributed by atoms with Gasteiger partial charge in [0, 0.05) is 25.6 Å². The van der Waals surface area contributed by atoms with E-state index in [9.17, 15) is 4.79 Å². The maximum absolute atomic E-state index is 12.3. The SMILES string of the molecule is CC1CC(C)CN(C(=O)CC2CCCC(N)C2)C1. The van der Waals surface area contributed by atoms with Gasteiger partial charge < -0.3 is 10.6 Å². The van der Waals surface area contributed by atoms with Crippen LogP contribution >= 0.6 is 0 Å². The minimum absolute atomic E-state index is 0.329. The Morgan fingerprint density at radius 1 is 1.17 bits per heavy atom. The summed E-state index contributed by atoms with van der Waals surface area (Å²) in [6.45, 7) is 6.43. The van der Waals surface area contributed by atoms with Gasteiger partial charge in [0.1, 0.15) is 0 Å². The van der Waals surface area contributed by atoms with Crippen molar-refractivity contribution in [1.82, 2.24) is 4.90 Å². The van der Waals surface area contributed by atoms with Crippen LogP contribution in [0.2, 0.25) is 0 Å². The zero-order chi connectivity index (χ0) is 13.1. The fourth-order valence-corrected chi connectivity index (χ4v) is 3.76. The number of hydrogen-bond donors (Lipinski definition) is 1. The molecule has 18 heavy (non-hydrogen) atoms. The van der Waals surface area contributed by atoms with Gasteiger partial charge in [0.15, 0.2) is 0 Å². The van der Waals surface area contributed by atoms with Crippen molar-refractivity contribution >= 4 is 5.91 Å². The van der Waals surface area contributed by atoms with E-state index in [0.717, 1.165) is 32.4 Å². The third-order valence-electron chi connectivity index (χ3n) is 4.51. The number of carbonyl (C=O) groups is 1. The number of amides is 1. The van der Waals surface area contributed by atoms with Crippen molar-refractivity contribution in [3.63, 3.8) is 0 Å². The Hall–Kier alpha value is -0.570. The maximum atomic E-state index is 12.3. The van der Waals surface area contributed by atoms with Crippen LogP contribution in [-0.4, -0.2) is 29.9 Å². The molecule has 2 fully saturated rings. The molecule has 0 aromatic heterocycles. The molecule has 2 N–H and O–H groups in total. The largest absolute Gasteiger partial charge is 0.342 e. The van der Waals surface area contributed by atoms with Crippen molar-refractivity contribution in [2.24, 2.45) is 23.5 Å². The van der Waals surface area contributed by atoms with E-state index in [4.69, 9.17) is 5.73 Å². The Balaban J connectivity index is 1.83. The normalized spacial score (nSPS) is 37.6. The standard InChI is InChI=1S/C15H28N2O/c1-11-6-12(2)10-17(9-11)15(18)8-13-4-3-5-14(16)7-13/h11-14H,3-10,16H2,1-2H3. The molecule has 0 aromatic carbocycles. The summed E-state index contributed by atoms with van der Waals surface area (Å²) in [5.74, 6) is 2.22. The lowest BCUT2D eigenvalue weighted by Gasteiger charge is -2.36. The molecule has 1 aliphatic heterocycles. The highest BCUT2D eigenvalue weighted by molar-refractivity contribution is 5.76. The lowest BCUT2D eigenvalue weighted by molar-refractivity contribution is -0.135. The van der Waals surface area contributed by atoms with E-state index in [1.165, 1.54) is 19.3 Å². The second-order valence-corrected chi connectivity index (χ2v) is 6.74. The first kappa shape index (κ1) is 13.9. The van der Waals surface area contributed by atoms with Crippen LogP contribution in [0.5, 0.6) is 0 Å². The van der Waals surface area contributed by atoms with E-state index in [2.05, 4.69) is 18.7 Å². The van der Waals surface area contributed by atoms with Gasteiger partial charge in [-0.3, -0.25) is 4.79 Å². The summed E-state index contributed by atoms with van der Waals surface area (Å²) < 4.78 is 0. The van der Waals surface area contributed by atoms with E-state index < -0.39 is 0 Å². The molecule has 4 unspecified atom stereocenters. The van der Waals surface area contributed by atoms with Crippen LogP contribution in [0.4, 0.5) is 0 Å². The van der Waals surface area contributed by atoms with Crippen LogP contribution in [0.1, 0.15) is 52.4 Å². The number of rotatable bonds is 2. The number of carbonyl (C=O) groups excluding carboxylic acids is 1. The molecule has 1 amide bonds. The predicted molar refractivity (Wildman–Crippen MR) is 74.1 cm³/mol. The first-order valence-corrected chi connectivity index (χ1v) is 7.58. The first-order valence-electron chi connectivity index (χ1n) is 7.58. The summed E-state index contributed by atoms with van der Waals surface area (Å²) >= 11 is 0. The van der Waals surface area contributed by atoms with E-state index in [-0.39, 0.29) is 0 Å². The van der Waals surface area contributed by atoms with Crippen molar-refractivity contribution in [2.45, 2.75) is 58.4 Å². The number of nitrogens with zero attached hydrogens (tertiary/aromatic N) is 1. The van der Waals surface area contributed by atoms with Gasteiger partial charge in [0.25, 0.3) is 0 Å². The third kappa shape index (κ3) is 3.71. The Kier molecular flexibility index (Phi) is 4.66. The highest BCUT2D eigenvalue weighted by Gasteiger charge is 2.28. The van der Waals surface area contributed by atoms with E-state index in [1.807, 2.05) is 0 Å². The molecule has 1 saturated carbocycles. The smallest absolute Gasteiger partial charge is 0.222 e. The Bertz CT molecular complexity index is 282. The number of nitrogens with two attached hydrogens (primary N) is 1. The number of piperidine rings is 1. The quantitative estimate of drug-likeness (QED) is 0.820. The number of likely N-dealkylation sites (tertiary alicyclic amines) is 1. The van der Waals surface area contributed by atoms with E-state index in [1.54, 1.807) is 0 Å². The number of hydrogen-bond acceptors (Lipinski definition) is 2. The van der Waals surface area contributed by atoms with Gasteiger partial charge in [0.2, 0.25) is 5.91 Å². The lowest BCUT2D eigenvalue weighted by Crippen LogP contribution is -2.43. The van der Waals surface area contributed by atoms with E-state index >= 15 is 0 Å². The van der Waals surface area contributed by atoms with Gasteiger partial charge in [-0.05, 0) is 43.4 Å². The Morgan fingerprint density at radius 3 is 2.44 bits per heavy atom. The fourth-order valence-electron chi connectivity index (χ4n) is 3.76. The minimum atomic E-state index is 0.329. The van der Waals surface area contributed by atoms with Crippen molar-refractivity contribution in [1.29, 1.82) is 0 Å². The van der Waals surface area contributed by atoms with Gasteiger partial charge in [-0.15, -0.1) is 0 Å². The third-order valence-corrected chi connectivity index (χ3v) is 4.51. The molecule has 1 heterocycles. The summed E-state index contributed by atoms with van der Waals surface area (Å²) in [5.41, 5.74) is 6.00. The Morgan fingerprint density at radius 2 is 1.83 bits per heavy atom. The van der Waals surface area contributed by atoms with Gasteiger partial charge in [-0.2, -0.15) is 0 Å². The van der Waals surface area contributed by atoms with E-state index in [0.29, 0.717) is 29.7 Å². The summed E-state index contributed by atoms with van der Waals surface area (Å²) in [6, 6.07) is 0.329. The van der Waals surface area contributed by atoms with Crippen LogP contribution < -0.4 is 5.73 Å². The van der Waals surface area contributed by atoms with Gasteiger partial charge in [-0.25, -0.2) is 0 Å². The second-order valence-electron chi connectivity index (χ2n) is 6.74. The summed E-state index contributed by atoms with van der Waals surface area (Å²) in [6.07, 6.45) is 6.57. The monoisotopic (exact) mass is 252 g/mol. The Labute approximate surface area is 111 Å². The van der Waals surface area contributed by atoms with Crippen LogP contribution in [-0.2, 0) is 4.79 Å². The molecule has 0 bridgehead atoms. The van der Waals surface area contributed by atoms with Crippen LogP contribution in [0.15, 0.2) is 0 Å². The lowest BCUT2D eigenvalue weighted by atomic mass is 9.83. The molecule has 2 rings (SSSR count). The molecular weight excluding hydrogens is 224 g/mol. The van der Waals surface area contributed by atoms with Crippen molar-refractivity contribution in [3.05, 3.63) is 0 Å². The highest BCUT2D eigenvalue weighted by atomic mass is 16.2. The van der Waals surface area contributed by atoms with Gasteiger partial charge in [-0.1, -0.05) is 20.3 Å². The van der Waals surface area contributed by atoms with Gasteiger partial charge in [0.05, 0.1) is 0 Å². The highest BCUT2D eigenvalue weighted by Crippen LogP contribution is 2.28. The zero-order valence-corrected chi connectivity index (χ0v) is 11.9. The van der Waals surface area contributed by atoms with Crippen molar-refractivity contribution in [3.8, 4) is 0 Å². The molecule has 0 radical (unpaired) electrons. The van der Waals surface area contributed by atoms with Gasteiger partial charge >= 0.3 is 0 Å². The van der Waals surface area contributed by atoms with Crippen molar-refractivity contribution in [2.75, 3.05) is 13.1 Å². The molecule has 4 atom stereocenters. The molecule has 1 aliphatic carbocycles. The molecule has 0 aromatic rings. The second kappa shape index (κ2) is 6.05. The molecule has 104 valence electrons. The van der Waals surface area contributed by atoms with Crippen LogP contribution in [0, 0.1) is 17.8 Å². The van der Waals surface area contributed by atoms with Crippen LogP contribution in [0.3, 0.4) is 0 Å². The average molecular weight is 252 g/mol. The summed E-state index contributed by atoms with van der Waals surface area (Å²) in [5, 5.41) is 0. The summed E-state index contributed by atoms with van der Waals surface area (Å²) in [4.78, 5) is 14.4.